The van der Waals surface area contributed by atoms with Gasteiger partial charge in [0.2, 0.25) is 0 Å². The molecule has 13 heteroatoms. The lowest BCUT2D eigenvalue weighted by Gasteiger charge is -2.12. The smallest absolute Gasteiger partial charge is 0.351 e. The number of aromatic nitrogens is 2. The zero-order valence-corrected chi connectivity index (χ0v) is 19.2. The molecule has 0 saturated heterocycles. The van der Waals surface area contributed by atoms with Gasteiger partial charge < -0.3 is 5.32 Å². The van der Waals surface area contributed by atoms with E-state index in [1.807, 2.05) is 0 Å². The molecule has 0 bridgehead atoms. The predicted octanol–water partition coefficient (Wildman–Crippen LogP) is 5.25. The number of thiazole rings is 1. The van der Waals surface area contributed by atoms with Crippen LogP contribution in [0.2, 0.25) is 5.02 Å². The number of carbonyl (C=O) groups excluding carboxylic acids is 1. The van der Waals surface area contributed by atoms with Crippen molar-refractivity contribution in [1.29, 1.82) is 0 Å². The number of hydrogen-bond donors (Lipinski definition) is 1. The number of carbonyl (C=O) groups is 1. The zero-order valence-electron chi connectivity index (χ0n) is 15.5. The van der Waals surface area contributed by atoms with Crippen LogP contribution in [0.1, 0.15) is 39.1 Å². The summed E-state index contributed by atoms with van der Waals surface area (Å²) < 4.78 is 65.1. The molecule has 2 heterocycles. The Balaban J connectivity index is 2.14. The highest BCUT2D eigenvalue weighted by Crippen LogP contribution is 2.38. The number of halogens is 7. The van der Waals surface area contributed by atoms with Crippen molar-refractivity contribution in [2.75, 3.05) is 6.54 Å². The summed E-state index contributed by atoms with van der Waals surface area (Å²) >= 11 is 7.17. The van der Waals surface area contributed by atoms with Crippen molar-refractivity contribution >= 4 is 56.4 Å². The third kappa shape index (κ3) is 5.00. The minimum atomic E-state index is -4.88. The van der Waals surface area contributed by atoms with Gasteiger partial charge in [0, 0.05) is 52.2 Å². The van der Waals surface area contributed by atoms with Crippen LogP contribution in [0.15, 0.2) is 29.1 Å². The van der Waals surface area contributed by atoms with Crippen LogP contribution in [-0.2, 0) is 16.5 Å². The van der Waals surface area contributed by atoms with E-state index in [0.29, 0.717) is 4.40 Å². The largest absolute Gasteiger partial charge is 0.427 e. The molecule has 0 saturated carbocycles. The summed E-state index contributed by atoms with van der Waals surface area (Å²) in [6, 6.07) is 4.52. The maximum atomic E-state index is 13.6. The van der Waals surface area contributed by atoms with Gasteiger partial charge in [-0.05, 0) is 24.6 Å². The van der Waals surface area contributed by atoms with Crippen molar-refractivity contribution in [3.63, 3.8) is 0 Å². The number of rotatable bonds is 5. The summed E-state index contributed by atoms with van der Waals surface area (Å²) in [7, 11) is 0. The maximum Gasteiger partial charge on any atom is 0.427 e. The molecule has 2 aromatic heterocycles. The molecule has 0 unspecified atom stereocenters. The molecule has 5 nitrogen and oxygen atoms in total. The summed E-state index contributed by atoms with van der Waals surface area (Å²) in [5, 5.41) is 2.39. The Labute approximate surface area is 194 Å². The lowest BCUT2D eigenvalue weighted by atomic mass is 10.1. The predicted molar refractivity (Wildman–Crippen MR) is 115 cm³/mol. The van der Waals surface area contributed by atoms with Crippen LogP contribution in [0.3, 0.4) is 0 Å². The highest BCUT2D eigenvalue weighted by Gasteiger charge is 2.40. The van der Waals surface area contributed by atoms with Gasteiger partial charge in [-0.3, -0.25) is 9.59 Å². The Hall–Kier alpha value is -1.80. The molecule has 31 heavy (non-hydrogen) atoms. The van der Waals surface area contributed by atoms with Gasteiger partial charge in [-0.25, -0.2) is 9.38 Å². The molecular formula is C18H12ClF5IN3O2S. The van der Waals surface area contributed by atoms with Gasteiger partial charge >= 0.3 is 10.1 Å². The molecule has 0 aliphatic carbocycles. The average Bonchev–Trinajstić information content (AvgIpc) is 3.03. The minimum Gasteiger partial charge on any atom is -0.351 e. The molecule has 0 radical (unpaired) electrons. The number of nitrogens with one attached hydrogen (secondary N) is 1. The highest BCUT2D eigenvalue weighted by atomic mass is 127. The Morgan fingerprint density at radius 1 is 1.26 bits per heavy atom. The van der Waals surface area contributed by atoms with Crippen molar-refractivity contribution in [3.05, 3.63) is 67.0 Å². The van der Waals surface area contributed by atoms with Gasteiger partial charge in [-0.1, -0.05) is 29.0 Å². The number of nitrogens with zero attached hydrogens (tertiary/aromatic N) is 2. The van der Waals surface area contributed by atoms with E-state index >= 15 is 0 Å². The van der Waals surface area contributed by atoms with E-state index in [2.05, 4.69) is 10.3 Å². The van der Waals surface area contributed by atoms with E-state index < -0.39 is 32.1 Å². The van der Waals surface area contributed by atoms with Crippen LogP contribution < -0.4 is 10.9 Å². The minimum absolute atomic E-state index is 0.0262. The molecule has 1 N–H and O–H groups in total. The normalized spacial score (nSPS) is 12.4. The van der Waals surface area contributed by atoms with Gasteiger partial charge in [0.15, 0.2) is 4.96 Å². The van der Waals surface area contributed by atoms with E-state index in [9.17, 15) is 31.5 Å². The molecule has 3 aromatic rings. The zero-order chi connectivity index (χ0) is 23.1. The van der Waals surface area contributed by atoms with Crippen LogP contribution in [0.4, 0.5) is 22.0 Å². The first-order valence-corrected chi connectivity index (χ1v) is 10.9. The fraction of sp³-hybridized carbons (Fsp3) is 0.278. The first kappa shape index (κ1) is 23.9. The summed E-state index contributed by atoms with van der Waals surface area (Å²) in [5.74, 6) is -1.06. The lowest BCUT2D eigenvalue weighted by Crippen LogP contribution is -2.29. The standard InChI is InChI=1S/C18H12ClF5IN3O2S/c1-2-26-15(30)13-14(17(20,21)22)31-16-27-10(7-12(29)28(13)16)6-8-5-9(18(23,24)25)3-4-11(8)19/h3-5,7H,2,6H2,1H3,(H,26,30). The molecule has 0 atom stereocenters. The van der Waals surface area contributed by atoms with Crippen LogP contribution in [0, 0.1) is 0 Å². The first-order chi connectivity index (χ1) is 14.3. The van der Waals surface area contributed by atoms with Crippen LogP contribution in [0.25, 0.3) is 4.96 Å². The van der Waals surface area contributed by atoms with Crippen molar-refractivity contribution in [2.45, 2.75) is 23.5 Å². The molecule has 1 aromatic carbocycles. The third-order valence-electron chi connectivity index (χ3n) is 4.13. The molecule has 0 aliphatic heterocycles. The second-order valence-electron chi connectivity index (χ2n) is 6.32. The number of hydrogen-bond acceptors (Lipinski definition) is 4. The van der Waals surface area contributed by atoms with E-state index in [1.54, 1.807) is 0 Å². The molecule has 3 rings (SSSR count). The van der Waals surface area contributed by atoms with E-state index in [1.165, 1.54) is 13.0 Å². The highest BCUT2D eigenvalue weighted by molar-refractivity contribution is 14.1. The topological polar surface area (TPSA) is 63.5 Å². The summed E-state index contributed by atoms with van der Waals surface area (Å²) in [4.78, 5) is 27.3. The number of amides is 1. The van der Waals surface area contributed by atoms with E-state index in [0.717, 1.165) is 40.8 Å². The van der Waals surface area contributed by atoms with Gasteiger partial charge in [0.25, 0.3) is 11.5 Å². The Bertz CT molecular complexity index is 1220. The number of alkyl halides is 6. The summed E-state index contributed by atoms with van der Waals surface area (Å²) in [5.41, 5.74) is -1.82. The second kappa shape index (κ2) is 8.62. The number of benzene rings is 1. The first-order valence-electron chi connectivity index (χ1n) is 8.59. The van der Waals surface area contributed by atoms with Crippen molar-refractivity contribution in [1.82, 2.24) is 14.7 Å². The Morgan fingerprint density at radius 3 is 2.52 bits per heavy atom. The van der Waals surface area contributed by atoms with Gasteiger partial charge in [-0.2, -0.15) is 22.0 Å². The van der Waals surface area contributed by atoms with Crippen LogP contribution in [0.5, 0.6) is 0 Å². The average molecular weight is 592 g/mol. The van der Waals surface area contributed by atoms with Crippen molar-refractivity contribution in [3.8, 4) is 0 Å². The van der Waals surface area contributed by atoms with Gasteiger partial charge in [0.1, 0.15) is 10.6 Å². The van der Waals surface area contributed by atoms with Crippen molar-refractivity contribution in [2.24, 2.45) is 0 Å². The molecule has 1 amide bonds. The Kier molecular flexibility index (Phi) is 6.63. The molecule has 0 fully saturated rings. The van der Waals surface area contributed by atoms with Crippen LogP contribution >= 0.6 is 45.5 Å². The Morgan fingerprint density at radius 2 is 1.94 bits per heavy atom. The SMILES string of the molecule is CCNC(=O)c1c(C(F)(F)F)sc2nc(Cc3cc(C(F)(F)I)ccc3Cl)cc(=O)n12. The van der Waals surface area contributed by atoms with Crippen LogP contribution in [-0.4, -0.2) is 21.8 Å². The maximum absolute atomic E-state index is 13.6. The molecule has 0 aliphatic rings. The summed E-state index contributed by atoms with van der Waals surface area (Å²) in [6.45, 7) is 1.58. The molecule has 0 spiro atoms. The fourth-order valence-corrected chi connectivity index (χ4v) is 4.37. The monoisotopic (exact) mass is 591 g/mol. The molecule has 166 valence electrons. The quantitative estimate of drug-likeness (QED) is 0.251. The lowest BCUT2D eigenvalue weighted by molar-refractivity contribution is -0.134. The fourth-order valence-electron chi connectivity index (χ4n) is 2.84. The van der Waals surface area contributed by atoms with E-state index in [4.69, 9.17) is 11.6 Å². The third-order valence-corrected chi connectivity index (χ3v) is 6.20. The van der Waals surface area contributed by atoms with Gasteiger partial charge in [-0.15, -0.1) is 0 Å². The number of fused-ring (bicyclic) bond motifs is 1. The summed E-state index contributed by atoms with van der Waals surface area (Å²) in [6.07, 6.45) is -5.05. The molecular weight excluding hydrogens is 580 g/mol. The van der Waals surface area contributed by atoms with Gasteiger partial charge in [0.05, 0.1) is 5.69 Å². The van der Waals surface area contributed by atoms with E-state index in [-0.39, 0.29) is 51.1 Å². The second-order valence-corrected chi connectivity index (χ2v) is 9.06. The van der Waals surface area contributed by atoms with Crippen molar-refractivity contribution < 1.29 is 26.7 Å².